The lowest BCUT2D eigenvalue weighted by Gasteiger charge is -2.33. The van der Waals surface area contributed by atoms with Crippen LogP contribution < -0.4 is 4.74 Å². The zero-order valence-corrected chi connectivity index (χ0v) is 13.8. The number of hydrogen-bond acceptors (Lipinski definition) is 3. The van der Waals surface area contributed by atoms with Crippen LogP contribution in [0.15, 0.2) is 42.5 Å². The minimum Gasteiger partial charge on any atom is -0.496 e. The molecular weight excluding hydrogens is 328 g/mol. The molecule has 132 valence electrons. The van der Waals surface area contributed by atoms with E-state index in [1.54, 1.807) is 29.2 Å². The second-order valence-corrected chi connectivity index (χ2v) is 6.04. The summed E-state index contributed by atoms with van der Waals surface area (Å²) in [7, 11) is 1.51. The Balaban J connectivity index is 2.16. The number of halogens is 2. The van der Waals surface area contributed by atoms with Crippen LogP contribution in [0.2, 0.25) is 0 Å². The lowest BCUT2D eigenvalue weighted by atomic mass is 9.95. The van der Waals surface area contributed by atoms with Gasteiger partial charge in [0.15, 0.2) is 0 Å². The van der Waals surface area contributed by atoms with Crippen molar-refractivity contribution in [1.82, 2.24) is 4.90 Å². The molecule has 0 amide bonds. The molecule has 2 aromatic rings. The Bertz CT molecular complexity index is 781. The van der Waals surface area contributed by atoms with E-state index in [0.29, 0.717) is 30.7 Å². The molecule has 3 rings (SSSR count). The molecule has 1 N–H and O–H groups in total. The van der Waals surface area contributed by atoms with Gasteiger partial charge in [0.1, 0.15) is 23.4 Å². The summed E-state index contributed by atoms with van der Waals surface area (Å²) in [5, 5.41) is 9.54. The van der Waals surface area contributed by atoms with Crippen molar-refractivity contribution in [2.45, 2.75) is 24.9 Å². The quantitative estimate of drug-likeness (QED) is 0.898. The summed E-state index contributed by atoms with van der Waals surface area (Å²) in [5.41, 5.74) is 0.891. The summed E-state index contributed by atoms with van der Waals surface area (Å²) in [5.74, 6) is -1.78. The number of carbonyl (C=O) groups is 1. The third kappa shape index (κ3) is 3.35. The Morgan fingerprint density at radius 1 is 1.24 bits per heavy atom. The number of methoxy groups -OCH3 is 1. The minimum absolute atomic E-state index is 0.235. The van der Waals surface area contributed by atoms with Crippen molar-refractivity contribution in [2.75, 3.05) is 13.7 Å². The van der Waals surface area contributed by atoms with Gasteiger partial charge in [-0.25, -0.2) is 8.78 Å². The molecule has 0 radical (unpaired) electrons. The van der Waals surface area contributed by atoms with Crippen LogP contribution in [0, 0.1) is 11.6 Å². The molecular formula is C19H19F2NO3. The molecule has 0 bridgehead atoms. The zero-order chi connectivity index (χ0) is 18.0. The van der Waals surface area contributed by atoms with Crippen molar-refractivity contribution in [3.05, 3.63) is 65.2 Å². The van der Waals surface area contributed by atoms with Gasteiger partial charge in [-0.2, -0.15) is 0 Å². The van der Waals surface area contributed by atoms with Gasteiger partial charge in [-0.3, -0.25) is 9.69 Å². The smallest absolute Gasteiger partial charge is 0.320 e. The number of ether oxygens (including phenoxy) is 1. The second kappa shape index (κ2) is 7.19. The Labute approximate surface area is 144 Å². The molecule has 1 fully saturated rings. The number of hydrogen-bond donors (Lipinski definition) is 1. The van der Waals surface area contributed by atoms with E-state index in [2.05, 4.69) is 0 Å². The largest absolute Gasteiger partial charge is 0.496 e. The molecule has 2 atom stereocenters. The van der Waals surface area contributed by atoms with Crippen molar-refractivity contribution >= 4 is 5.97 Å². The highest BCUT2D eigenvalue weighted by Gasteiger charge is 2.38. The van der Waals surface area contributed by atoms with E-state index in [0.717, 1.165) is 6.07 Å². The average molecular weight is 347 g/mol. The molecule has 1 aliphatic heterocycles. The van der Waals surface area contributed by atoms with Crippen LogP contribution in [0.3, 0.4) is 0 Å². The van der Waals surface area contributed by atoms with E-state index in [-0.39, 0.29) is 5.56 Å². The molecule has 6 heteroatoms. The number of aliphatic carboxylic acids is 1. The topological polar surface area (TPSA) is 49.8 Å². The molecule has 0 aliphatic carbocycles. The molecule has 0 spiro atoms. The third-order valence-electron chi connectivity index (χ3n) is 4.60. The van der Waals surface area contributed by atoms with Crippen molar-refractivity contribution < 1.29 is 23.4 Å². The first-order chi connectivity index (χ1) is 12.0. The Kier molecular flexibility index (Phi) is 4.99. The summed E-state index contributed by atoms with van der Waals surface area (Å²) in [4.78, 5) is 13.4. The van der Waals surface area contributed by atoms with Crippen LogP contribution in [-0.2, 0) is 4.79 Å². The Hall–Kier alpha value is -2.47. The van der Waals surface area contributed by atoms with Crippen LogP contribution in [0.4, 0.5) is 8.78 Å². The molecule has 2 unspecified atom stereocenters. The van der Waals surface area contributed by atoms with Crippen LogP contribution in [0.25, 0.3) is 0 Å². The van der Waals surface area contributed by atoms with Crippen LogP contribution in [0.1, 0.15) is 30.0 Å². The fraction of sp³-hybridized carbons (Fsp3) is 0.316. The van der Waals surface area contributed by atoms with Gasteiger partial charge in [0.05, 0.1) is 13.2 Å². The van der Waals surface area contributed by atoms with Crippen molar-refractivity contribution in [2.24, 2.45) is 0 Å². The van der Waals surface area contributed by atoms with Gasteiger partial charge in [-0.1, -0.05) is 24.3 Å². The summed E-state index contributed by atoms with van der Waals surface area (Å²) in [6.07, 6.45) is 1.19. The average Bonchev–Trinajstić information content (AvgIpc) is 3.07. The van der Waals surface area contributed by atoms with Gasteiger partial charge in [0.2, 0.25) is 0 Å². The fourth-order valence-electron chi connectivity index (χ4n) is 3.50. The first kappa shape index (κ1) is 17.4. The van der Waals surface area contributed by atoms with Gasteiger partial charge in [0.25, 0.3) is 0 Å². The summed E-state index contributed by atoms with van der Waals surface area (Å²) in [6, 6.07) is 9.10. The molecule has 0 saturated carbocycles. The fourth-order valence-corrected chi connectivity index (χ4v) is 3.50. The lowest BCUT2D eigenvalue weighted by Crippen LogP contribution is -2.39. The third-order valence-corrected chi connectivity index (χ3v) is 4.60. The van der Waals surface area contributed by atoms with Crippen LogP contribution >= 0.6 is 0 Å². The molecule has 0 aromatic heterocycles. The van der Waals surface area contributed by atoms with Gasteiger partial charge >= 0.3 is 5.97 Å². The van der Waals surface area contributed by atoms with Crippen molar-refractivity contribution in [3.8, 4) is 5.75 Å². The van der Waals surface area contributed by atoms with E-state index < -0.39 is 29.7 Å². The molecule has 2 aromatic carbocycles. The number of rotatable bonds is 5. The normalized spacial score (nSPS) is 18.9. The number of carboxylic acids is 1. The number of benzene rings is 2. The molecule has 25 heavy (non-hydrogen) atoms. The molecule has 1 saturated heterocycles. The first-order valence-corrected chi connectivity index (χ1v) is 8.09. The predicted octanol–water partition coefficient (Wildman–Crippen LogP) is 3.61. The van der Waals surface area contributed by atoms with E-state index in [4.69, 9.17) is 4.74 Å². The maximum atomic E-state index is 14.5. The first-order valence-electron chi connectivity index (χ1n) is 8.09. The monoisotopic (exact) mass is 347 g/mol. The summed E-state index contributed by atoms with van der Waals surface area (Å²) < 4.78 is 33.3. The van der Waals surface area contributed by atoms with Crippen LogP contribution in [0.5, 0.6) is 5.75 Å². The second-order valence-electron chi connectivity index (χ2n) is 6.04. The van der Waals surface area contributed by atoms with Gasteiger partial charge in [-0.05, 0) is 25.0 Å². The Morgan fingerprint density at radius 2 is 2.00 bits per heavy atom. The van der Waals surface area contributed by atoms with Crippen molar-refractivity contribution in [1.29, 1.82) is 0 Å². The number of likely N-dealkylation sites (tertiary alicyclic amines) is 1. The number of nitrogens with zero attached hydrogens (tertiary/aromatic N) is 1. The van der Waals surface area contributed by atoms with Crippen molar-refractivity contribution in [3.63, 3.8) is 0 Å². The van der Waals surface area contributed by atoms with E-state index >= 15 is 0 Å². The number of carboxylic acid groups (broad SMARTS) is 1. The minimum atomic E-state index is -0.945. The van der Waals surface area contributed by atoms with E-state index in [1.807, 2.05) is 0 Å². The standard InChI is InChI=1S/C19H19F2NO3/c1-25-17-7-3-2-5-14(17)18(13-9-8-12(20)11-15(13)21)22-10-4-6-16(22)19(23)24/h2-3,5,7-9,11,16,18H,4,6,10H2,1H3,(H,23,24). The highest BCUT2D eigenvalue weighted by molar-refractivity contribution is 5.74. The summed E-state index contributed by atoms with van der Waals surface area (Å²) >= 11 is 0. The maximum Gasteiger partial charge on any atom is 0.320 e. The highest BCUT2D eigenvalue weighted by atomic mass is 19.1. The van der Waals surface area contributed by atoms with Gasteiger partial charge < -0.3 is 9.84 Å². The Morgan fingerprint density at radius 3 is 2.68 bits per heavy atom. The van der Waals surface area contributed by atoms with Crippen LogP contribution in [-0.4, -0.2) is 35.7 Å². The number of para-hydroxylation sites is 1. The lowest BCUT2D eigenvalue weighted by molar-refractivity contribution is -0.142. The van der Waals surface area contributed by atoms with Gasteiger partial charge in [0, 0.05) is 23.7 Å². The highest BCUT2D eigenvalue weighted by Crippen LogP contribution is 2.39. The SMILES string of the molecule is COc1ccccc1C(c1ccc(F)cc1F)N1CCCC1C(=O)O. The zero-order valence-electron chi connectivity index (χ0n) is 13.8. The predicted molar refractivity (Wildman–Crippen MR) is 88.6 cm³/mol. The van der Waals surface area contributed by atoms with Gasteiger partial charge in [-0.15, -0.1) is 0 Å². The summed E-state index contributed by atoms with van der Waals surface area (Å²) in [6.45, 7) is 0.510. The maximum absolute atomic E-state index is 14.5. The van der Waals surface area contributed by atoms with E-state index in [9.17, 15) is 18.7 Å². The van der Waals surface area contributed by atoms with E-state index in [1.165, 1.54) is 19.2 Å². The molecule has 1 heterocycles. The molecule has 1 aliphatic rings. The molecule has 4 nitrogen and oxygen atoms in total.